The van der Waals surface area contributed by atoms with Crippen molar-refractivity contribution < 1.29 is 4.79 Å². The standard InChI is InChI=1S/C14H14ClN5O/c1-16-13(21)10-7-18-14(15)20-12(10)19-9-4-5-11(17-6-9)8-2-3-8/h4-8H,2-3H2,1H3,(H,16,21)(H,18,19,20). The molecule has 0 aliphatic heterocycles. The molecule has 3 rings (SSSR count). The summed E-state index contributed by atoms with van der Waals surface area (Å²) in [6.45, 7) is 0. The second-order valence-electron chi connectivity index (χ2n) is 4.85. The van der Waals surface area contributed by atoms with E-state index in [0.29, 0.717) is 17.3 Å². The van der Waals surface area contributed by atoms with E-state index < -0.39 is 0 Å². The highest BCUT2D eigenvalue weighted by molar-refractivity contribution is 6.28. The van der Waals surface area contributed by atoms with Gasteiger partial charge in [0.05, 0.1) is 11.9 Å². The maximum atomic E-state index is 11.8. The molecule has 0 spiro atoms. The smallest absolute Gasteiger partial charge is 0.256 e. The molecule has 1 aliphatic carbocycles. The third kappa shape index (κ3) is 3.11. The minimum absolute atomic E-state index is 0.0766. The molecule has 1 fully saturated rings. The fraction of sp³-hybridized carbons (Fsp3) is 0.286. The van der Waals surface area contributed by atoms with Gasteiger partial charge in [0.2, 0.25) is 5.28 Å². The van der Waals surface area contributed by atoms with Gasteiger partial charge in [-0.3, -0.25) is 9.78 Å². The Bertz CT molecular complexity index is 670. The van der Waals surface area contributed by atoms with Crippen LogP contribution in [0.3, 0.4) is 0 Å². The molecule has 2 heterocycles. The van der Waals surface area contributed by atoms with Crippen LogP contribution < -0.4 is 10.6 Å². The van der Waals surface area contributed by atoms with Gasteiger partial charge < -0.3 is 10.6 Å². The van der Waals surface area contributed by atoms with Crippen LogP contribution in [0.1, 0.15) is 34.8 Å². The van der Waals surface area contributed by atoms with Crippen LogP contribution in [0.2, 0.25) is 5.28 Å². The van der Waals surface area contributed by atoms with Gasteiger partial charge >= 0.3 is 0 Å². The highest BCUT2D eigenvalue weighted by Crippen LogP contribution is 2.39. The third-order valence-electron chi connectivity index (χ3n) is 3.28. The average molecular weight is 304 g/mol. The van der Waals surface area contributed by atoms with Crippen molar-refractivity contribution in [1.29, 1.82) is 0 Å². The Kier molecular flexibility index (Phi) is 3.70. The van der Waals surface area contributed by atoms with Gasteiger partial charge in [-0.05, 0) is 36.6 Å². The van der Waals surface area contributed by atoms with Gasteiger partial charge in [-0.2, -0.15) is 4.98 Å². The first kappa shape index (κ1) is 13.8. The fourth-order valence-corrected chi connectivity index (χ4v) is 2.13. The average Bonchev–Trinajstić information content (AvgIpc) is 3.32. The molecule has 21 heavy (non-hydrogen) atoms. The Morgan fingerprint density at radius 2 is 2.10 bits per heavy atom. The maximum Gasteiger partial charge on any atom is 0.256 e. The number of rotatable bonds is 4. The van der Waals surface area contributed by atoms with E-state index in [2.05, 4.69) is 25.6 Å². The minimum Gasteiger partial charge on any atom is -0.355 e. The van der Waals surface area contributed by atoms with Gasteiger partial charge in [0.15, 0.2) is 0 Å². The lowest BCUT2D eigenvalue weighted by molar-refractivity contribution is 0.0963. The van der Waals surface area contributed by atoms with Crippen LogP contribution in [-0.4, -0.2) is 27.9 Å². The van der Waals surface area contributed by atoms with Crippen molar-refractivity contribution in [3.63, 3.8) is 0 Å². The molecule has 0 radical (unpaired) electrons. The largest absolute Gasteiger partial charge is 0.355 e. The first-order valence-electron chi connectivity index (χ1n) is 6.65. The van der Waals surface area contributed by atoms with Crippen molar-refractivity contribution in [2.75, 3.05) is 12.4 Å². The molecule has 1 aliphatic rings. The summed E-state index contributed by atoms with van der Waals surface area (Å²) in [5, 5.41) is 5.67. The summed E-state index contributed by atoms with van der Waals surface area (Å²) in [6.07, 6.45) is 5.55. The summed E-state index contributed by atoms with van der Waals surface area (Å²) in [6, 6.07) is 3.91. The van der Waals surface area contributed by atoms with E-state index in [1.165, 1.54) is 19.0 Å². The van der Waals surface area contributed by atoms with Gasteiger partial charge in [0.1, 0.15) is 11.4 Å². The van der Waals surface area contributed by atoms with Gasteiger partial charge in [-0.15, -0.1) is 0 Å². The third-order valence-corrected chi connectivity index (χ3v) is 3.46. The van der Waals surface area contributed by atoms with E-state index in [-0.39, 0.29) is 11.2 Å². The highest BCUT2D eigenvalue weighted by Gasteiger charge is 2.24. The molecule has 0 bridgehead atoms. The Labute approximate surface area is 127 Å². The predicted molar refractivity (Wildman–Crippen MR) is 79.9 cm³/mol. The summed E-state index contributed by atoms with van der Waals surface area (Å²) >= 11 is 5.80. The summed E-state index contributed by atoms with van der Waals surface area (Å²) in [5.74, 6) is 0.682. The van der Waals surface area contributed by atoms with E-state index in [1.54, 1.807) is 13.2 Å². The van der Waals surface area contributed by atoms with E-state index in [4.69, 9.17) is 11.6 Å². The molecule has 6 nitrogen and oxygen atoms in total. The van der Waals surface area contributed by atoms with Crippen molar-refractivity contribution in [3.8, 4) is 0 Å². The molecule has 0 aromatic carbocycles. The van der Waals surface area contributed by atoms with Crippen molar-refractivity contribution in [2.24, 2.45) is 0 Å². The van der Waals surface area contributed by atoms with Crippen LogP contribution >= 0.6 is 11.6 Å². The van der Waals surface area contributed by atoms with Gasteiger partial charge in [0.25, 0.3) is 5.91 Å². The summed E-state index contributed by atoms with van der Waals surface area (Å²) < 4.78 is 0. The Morgan fingerprint density at radius 3 is 2.71 bits per heavy atom. The van der Waals surface area contributed by atoms with Crippen LogP contribution in [0.15, 0.2) is 24.5 Å². The quantitative estimate of drug-likeness (QED) is 0.848. The molecule has 7 heteroatoms. The van der Waals surface area contributed by atoms with Crippen LogP contribution in [0.25, 0.3) is 0 Å². The van der Waals surface area contributed by atoms with Gasteiger partial charge in [0, 0.05) is 24.9 Å². The molecule has 1 amide bonds. The molecule has 2 aromatic rings. The number of carbonyl (C=O) groups is 1. The first-order valence-corrected chi connectivity index (χ1v) is 7.03. The van der Waals surface area contributed by atoms with Crippen LogP contribution in [0.5, 0.6) is 0 Å². The molecule has 0 saturated heterocycles. The molecule has 2 N–H and O–H groups in total. The number of nitrogens with zero attached hydrogens (tertiary/aromatic N) is 3. The number of halogens is 1. The van der Waals surface area contributed by atoms with E-state index in [1.807, 2.05) is 12.1 Å². The number of hydrogen-bond acceptors (Lipinski definition) is 5. The zero-order chi connectivity index (χ0) is 14.8. The lowest BCUT2D eigenvalue weighted by Gasteiger charge is -2.10. The molecule has 0 atom stereocenters. The number of nitrogens with one attached hydrogen (secondary N) is 2. The Hall–Kier alpha value is -2.21. The highest BCUT2D eigenvalue weighted by atomic mass is 35.5. The SMILES string of the molecule is CNC(=O)c1cnc(Cl)nc1Nc1ccc(C2CC2)nc1. The molecule has 1 saturated carbocycles. The summed E-state index contributed by atoms with van der Waals surface area (Å²) in [7, 11) is 1.55. The lowest BCUT2D eigenvalue weighted by Crippen LogP contribution is -2.20. The van der Waals surface area contributed by atoms with Gasteiger partial charge in [-0.25, -0.2) is 4.98 Å². The molecular formula is C14H14ClN5O. The monoisotopic (exact) mass is 303 g/mol. The number of pyridine rings is 1. The van der Waals surface area contributed by atoms with Gasteiger partial charge in [-0.1, -0.05) is 0 Å². The zero-order valence-electron chi connectivity index (χ0n) is 11.4. The van der Waals surface area contributed by atoms with Crippen molar-refractivity contribution in [3.05, 3.63) is 41.1 Å². The molecule has 108 valence electrons. The predicted octanol–water partition coefficient (Wildman–Crippen LogP) is 2.51. The Morgan fingerprint density at radius 1 is 1.29 bits per heavy atom. The van der Waals surface area contributed by atoms with Crippen molar-refractivity contribution in [1.82, 2.24) is 20.3 Å². The summed E-state index contributed by atoms with van der Waals surface area (Å²) in [5.41, 5.74) is 2.18. The number of anilines is 2. The second kappa shape index (κ2) is 5.65. The van der Waals surface area contributed by atoms with Crippen LogP contribution in [0.4, 0.5) is 11.5 Å². The van der Waals surface area contributed by atoms with E-state index in [0.717, 1.165) is 11.4 Å². The first-order chi connectivity index (χ1) is 10.2. The normalized spacial score (nSPS) is 13.8. The van der Waals surface area contributed by atoms with Crippen molar-refractivity contribution in [2.45, 2.75) is 18.8 Å². The summed E-state index contributed by atoms with van der Waals surface area (Å²) in [4.78, 5) is 24.1. The molecular weight excluding hydrogens is 290 g/mol. The maximum absolute atomic E-state index is 11.8. The topological polar surface area (TPSA) is 79.8 Å². The van der Waals surface area contributed by atoms with Crippen LogP contribution in [0, 0.1) is 0 Å². The number of aromatic nitrogens is 3. The Balaban J connectivity index is 1.85. The van der Waals surface area contributed by atoms with Crippen LogP contribution in [-0.2, 0) is 0 Å². The number of hydrogen-bond donors (Lipinski definition) is 2. The van der Waals surface area contributed by atoms with E-state index >= 15 is 0 Å². The van der Waals surface area contributed by atoms with Crippen molar-refractivity contribution >= 4 is 29.0 Å². The molecule has 0 unspecified atom stereocenters. The van der Waals surface area contributed by atoms with E-state index in [9.17, 15) is 4.79 Å². The number of amides is 1. The second-order valence-corrected chi connectivity index (χ2v) is 5.19. The zero-order valence-corrected chi connectivity index (χ0v) is 12.2. The molecule has 2 aromatic heterocycles. The lowest BCUT2D eigenvalue weighted by atomic mass is 10.2. The minimum atomic E-state index is -0.281. The number of carbonyl (C=O) groups excluding carboxylic acids is 1. The fourth-order valence-electron chi connectivity index (χ4n) is 1.99.